The summed E-state index contributed by atoms with van der Waals surface area (Å²) in [4.78, 5) is 11.5. The van der Waals surface area contributed by atoms with E-state index in [0.717, 1.165) is 35.1 Å². The van der Waals surface area contributed by atoms with Gasteiger partial charge in [-0.3, -0.25) is 4.79 Å². The van der Waals surface area contributed by atoms with Gasteiger partial charge in [0.25, 0.3) is 0 Å². The van der Waals surface area contributed by atoms with Crippen LogP contribution in [0.1, 0.15) is 43.5 Å². The Bertz CT molecular complexity index is 572. The van der Waals surface area contributed by atoms with E-state index in [4.69, 9.17) is 4.74 Å². The summed E-state index contributed by atoms with van der Waals surface area (Å²) < 4.78 is 5.84. The predicted molar refractivity (Wildman–Crippen MR) is 79.0 cm³/mol. The molecule has 2 rings (SSSR count). The third-order valence-electron chi connectivity index (χ3n) is 3.25. The molecule has 2 aromatic rings. The SMILES string of the molecule is CCCCCOc1cccc2ccc(C(C)=O)cc12. The van der Waals surface area contributed by atoms with Gasteiger partial charge in [0.15, 0.2) is 5.78 Å². The molecule has 2 aromatic carbocycles. The monoisotopic (exact) mass is 256 g/mol. The third kappa shape index (κ3) is 3.34. The van der Waals surface area contributed by atoms with Gasteiger partial charge in [0.2, 0.25) is 0 Å². The zero-order valence-electron chi connectivity index (χ0n) is 11.6. The molecule has 0 aliphatic carbocycles. The number of rotatable bonds is 6. The second-order valence-corrected chi connectivity index (χ2v) is 4.80. The molecule has 0 N–H and O–H groups in total. The molecule has 0 saturated carbocycles. The van der Waals surface area contributed by atoms with E-state index in [1.165, 1.54) is 12.8 Å². The maximum atomic E-state index is 11.5. The lowest BCUT2D eigenvalue weighted by Gasteiger charge is -2.10. The molecule has 0 heterocycles. The first kappa shape index (κ1) is 13.6. The smallest absolute Gasteiger partial charge is 0.159 e. The average Bonchev–Trinajstić information content (AvgIpc) is 2.43. The first-order valence-corrected chi connectivity index (χ1v) is 6.89. The molecule has 0 fully saturated rings. The standard InChI is InChI=1S/C17H20O2/c1-3-4-5-11-19-17-8-6-7-14-9-10-15(13(2)18)12-16(14)17/h6-10,12H,3-5,11H2,1-2H3. The molecule has 0 bridgehead atoms. The van der Waals surface area contributed by atoms with Crippen molar-refractivity contribution in [3.63, 3.8) is 0 Å². The summed E-state index contributed by atoms with van der Waals surface area (Å²) >= 11 is 0. The van der Waals surface area contributed by atoms with Crippen molar-refractivity contribution < 1.29 is 9.53 Å². The van der Waals surface area contributed by atoms with E-state index in [1.54, 1.807) is 6.92 Å². The van der Waals surface area contributed by atoms with Gasteiger partial charge in [-0.2, -0.15) is 0 Å². The minimum atomic E-state index is 0.0858. The van der Waals surface area contributed by atoms with Crippen LogP contribution in [-0.4, -0.2) is 12.4 Å². The number of benzene rings is 2. The normalized spacial score (nSPS) is 10.6. The molecule has 2 nitrogen and oxygen atoms in total. The quantitative estimate of drug-likeness (QED) is 0.557. The highest BCUT2D eigenvalue weighted by Crippen LogP contribution is 2.27. The van der Waals surface area contributed by atoms with Gasteiger partial charge in [-0.05, 0) is 30.9 Å². The van der Waals surface area contributed by atoms with Gasteiger partial charge in [0.05, 0.1) is 6.61 Å². The molecular formula is C17H20O2. The fourth-order valence-corrected chi connectivity index (χ4v) is 2.12. The summed E-state index contributed by atoms with van der Waals surface area (Å²) in [7, 11) is 0. The van der Waals surface area contributed by atoms with Crippen LogP contribution < -0.4 is 4.74 Å². The van der Waals surface area contributed by atoms with Crippen molar-refractivity contribution in [3.05, 3.63) is 42.0 Å². The van der Waals surface area contributed by atoms with Crippen LogP contribution in [0.4, 0.5) is 0 Å². The number of carbonyl (C=O) groups is 1. The maximum Gasteiger partial charge on any atom is 0.159 e. The summed E-state index contributed by atoms with van der Waals surface area (Å²) in [6.45, 7) is 4.50. The molecule has 0 unspecified atom stereocenters. The summed E-state index contributed by atoms with van der Waals surface area (Å²) in [5, 5.41) is 2.13. The van der Waals surface area contributed by atoms with E-state index in [9.17, 15) is 4.79 Å². The Morgan fingerprint density at radius 1 is 1.16 bits per heavy atom. The van der Waals surface area contributed by atoms with Crippen molar-refractivity contribution in [3.8, 4) is 5.75 Å². The lowest BCUT2D eigenvalue weighted by molar-refractivity contribution is 0.101. The molecule has 0 amide bonds. The van der Waals surface area contributed by atoms with Crippen LogP contribution in [0.3, 0.4) is 0 Å². The number of unbranched alkanes of at least 4 members (excludes halogenated alkanes) is 2. The molecule has 0 aromatic heterocycles. The molecule has 2 heteroatoms. The van der Waals surface area contributed by atoms with E-state index >= 15 is 0 Å². The van der Waals surface area contributed by atoms with Crippen LogP contribution in [-0.2, 0) is 0 Å². The molecular weight excluding hydrogens is 236 g/mol. The van der Waals surface area contributed by atoms with Crippen LogP contribution in [0.2, 0.25) is 0 Å². The van der Waals surface area contributed by atoms with Crippen LogP contribution >= 0.6 is 0 Å². The number of hydrogen-bond acceptors (Lipinski definition) is 2. The van der Waals surface area contributed by atoms with Crippen molar-refractivity contribution in [2.45, 2.75) is 33.1 Å². The summed E-state index contributed by atoms with van der Waals surface area (Å²) in [5.41, 5.74) is 0.733. The Kier molecular flexibility index (Phi) is 4.56. The largest absolute Gasteiger partial charge is 0.493 e. The molecule has 0 spiro atoms. The molecule has 0 aliphatic rings. The predicted octanol–water partition coefficient (Wildman–Crippen LogP) is 4.61. The van der Waals surface area contributed by atoms with Gasteiger partial charge in [-0.15, -0.1) is 0 Å². The van der Waals surface area contributed by atoms with Gasteiger partial charge >= 0.3 is 0 Å². The van der Waals surface area contributed by atoms with Gasteiger partial charge in [0.1, 0.15) is 5.75 Å². The second kappa shape index (κ2) is 6.37. The molecule has 100 valence electrons. The lowest BCUT2D eigenvalue weighted by atomic mass is 10.0. The van der Waals surface area contributed by atoms with Crippen LogP contribution in [0.15, 0.2) is 36.4 Å². The zero-order chi connectivity index (χ0) is 13.7. The summed E-state index contributed by atoms with van der Waals surface area (Å²) in [5.74, 6) is 0.958. The topological polar surface area (TPSA) is 26.3 Å². The van der Waals surface area contributed by atoms with Crippen molar-refractivity contribution in [2.24, 2.45) is 0 Å². The van der Waals surface area contributed by atoms with Crippen LogP contribution in [0.25, 0.3) is 10.8 Å². The highest BCUT2D eigenvalue weighted by molar-refractivity contribution is 6.00. The van der Waals surface area contributed by atoms with E-state index < -0.39 is 0 Å². The van der Waals surface area contributed by atoms with E-state index in [-0.39, 0.29) is 5.78 Å². The number of fused-ring (bicyclic) bond motifs is 1. The van der Waals surface area contributed by atoms with Crippen molar-refractivity contribution in [1.29, 1.82) is 0 Å². The van der Waals surface area contributed by atoms with Crippen molar-refractivity contribution >= 4 is 16.6 Å². The fraction of sp³-hybridized carbons (Fsp3) is 0.353. The average molecular weight is 256 g/mol. The van der Waals surface area contributed by atoms with Crippen LogP contribution in [0, 0.1) is 0 Å². The first-order chi connectivity index (χ1) is 9.22. The summed E-state index contributed by atoms with van der Waals surface area (Å²) in [6, 6.07) is 11.8. The molecule has 0 atom stereocenters. The Balaban J connectivity index is 2.26. The summed E-state index contributed by atoms with van der Waals surface area (Å²) in [6.07, 6.45) is 3.44. The Hall–Kier alpha value is -1.83. The maximum absolute atomic E-state index is 11.5. The van der Waals surface area contributed by atoms with E-state index in [0.29, 0.717) is 0 Å². The second-order valence-electron chi connectivity index (χ2n) is 4.80. The highest BCUT2D eigenvalue weighted by atomic mass is 16.5. The number of ether oxygens (including phenoxy) is 1. The minimum Gasteiger partial charge on any atom is -0.493 e. The number of Topliss-reactive ketones (excluding diaryl/α,β-unsaturated/α-hetero) is 1. The van der Waals surface area contributed by atoms with Gasteiger partial charge in [0, 0.05) is 10.9 Å². The third-order valence-corrected chi connectivity index (χ3v) is 3.25. The number of hydrogen-bond donors (Lipinski definition) is 0. The molecule has 0 radical (unpaired) electrons. The fourth-order valence-electron chi connectivity index (χ4n) is 2.12. The number of ketones is 1. The Morgan fingerprint density at radius 3 is 2.74 bits per heavy atom. The van der Waals surface area contributed by atoms with Crippen molar-refractivity contribution in [2.75, 3.05) is 6.61 Å². The minimum absolute atomic E-state index is 0.0858. The molecule has 19 heavy (non-hydrogen) atoms. The van der Waals surface area contributed by atoms with E-state index in [2.05, 4.69) is 6.92 Å². The number of carbonyl (C=O) groups excluding carboxylic acids is 1. The van der Waals surface area contributed by atoms with Gasteiger partial charge in [-0.1, -0.05) is 44.0 Å². The highest BCUT2D eigenvalue weighted by Gasteiger charge is 2.05. The lowest BCUT2D eigenvalue weighted by Crippen LogP contribution is -1.98. The van der Waals surface area contributed by atoms with Crippen molar-refractivity contribution in [1.82, 2.24) is 0 Å². The van der Waals surface area contributed by atoms with E-state index in [1.807, 2.05) is 36.4 Å². The Labute approximate surface area is 114 Å². The zero-order valence-corrected chi connectivity index (χ0v) is 11.6. The molecule has 0 aliphatic heterocycles. The van der Waals surface area contributed by atoms with Crippen LogP contribution in [0.5, 0.6) is 5.75 Å². The Morgan fingerprint density at radius 2 is 2.00 bits per heavy atom. The van der Waals surface area contributed by atoms with Gasteiger partial charge in [-0.25, -0.2) is 0 Å². The first-order valence-electron chi connectivity index (χ1n) is 6.89. The molecule has 0 saturated heterocycles. The van der Waals surface area contributed by atoms with Gasteiger partial charge < -0.3 is 4.74 Å².